The molecule has 0 saturated carbocycles. The maximum absolute atomic E-state index is 5.49. The van der Waals surface area contributed by atoms with Gasteiger partial charge in [0.05, 0.1) is 6.10 Å². The van der Waals surface area contributed by atoms with Crippen LogP contribution in [0.2, 0.25) is 0 Å². The Morgan fingerprint density at radius 2 is 2.38 bits per heavy atom. The molecule has 5 heteroatoms. The van der Waals surface area contributed by atoms with Crippen molar-refractivity contribution in [1.82, 2.24) is 10.7 Å². The van der Waals surface area contributed by atoms with Crippen LogP contribution in [0.25, 0.3) is 0 Å². The molecule has 0 amide bonds. The van der Waals surface area contributed by atoms with Gasteiger partial charge in [0.25, 0.3) is 0 Å². The molecule has 0 aliphatic carbocycles. The summed E-state index contributed by atoms with van der Waals surface area (Å²) >= 11 is 0. The van der Waals surface area contributed by atoms with Crippen molar-refractivity contribution >= 4 is 5.96 Å². The van der Waals surface area contributed by atoms with Crippen LogP contribution in [-0.4, -0.2) is 31.8 Å². The van der Waals surface area contributed by atoms with E-state index in [2.05, 4.69) is 29.6 Å². The van der Waals surface area contributed by atoms with Crippen molar-refractivity contribution in [3.8, 4) is 0 Å². The highest BCUT2D eigenvalue weighted by Gasteiger charge is 2.23. The minimum atomic E-state index is 0.318. The van der Waals surface area contributed by atoms with Crippen molar-refractivity contribution in [2.45, 2.75) is 39.2 Å². The zero-order chi connectivity index (χ0) is 11.8. The molecule has 4 N–H and O–H groups in total. The summed E-state index contributed by atoms with van der Waals surface area (Å²) in [5.74, 6) is 6.61. The van der Waals surface area contributed by atoms with E-state index in [4.69, 9.17) is 10.6 Å². The highest BCUT2D eigenvalue weighted by Crippen LogP contribution is 2.20. The van der Waals surface area contributed by atoms with Gasteiger partial charge in [0.2, 0.25) is 5.96 Å². The Bertz CT molecular complexity index is 220. The first-order valence-corrected chi connectivity index (χ1v) is 6.14. The lowest BCUT2D eigenvalue weighted by atomic mass is 10.0. The first kappa shape index (κ1) is 13.3. The maximum Gasteiger partial charge on any atom is 0.205 e. The molecule has 5 nitrogen and oxygen atoms in total. The predicted octanol–water partition coefficient (Wildman–Crippen LogP) is 0.620. The number of nitrogens with zero attached hydrogens (tertiary/aromatic N) is 1. The molecule has 1 fully saturated rings. The van der Waals surface area contributed by atoms with E-state index in [0.717, 1.165) is 32.5 Å². The molecular weight excluding hydrogens is 204 g/mol. The van der Waals surface area contributed by atoms with Gasteiger partial charge in [-0.05, 0) is 19.8 Å². The summed E-state index contributed by atoms with van der Waals surface area (Å²) < 4.78 is 5.49. The molecule has 94 valence electrons. The molecule has 2 unspecified atom stereocenters. The van der Waals surface area contributed by atoms with Crippen molar-refractivity contribution in [3.05, 3.63) is 0 Å². The van der Waals surface area contributed by atoms with Crippen molar-refractivity contribution in [2.24, 2.45) is 16.8 Å². The van der Waals surface area contributed by atoms with Gasteiger partial charge in [0.15, 0.2) is 0 Å². The topological polar surface area (TPSA) is 71.7 Å². The third-order valence-corrected chi connectivity index (χ3v) is 2.98. The maximum atomic E-state index is 5.49. The summed E-state index contributed by atoms with van der Waals surface area (Å²) in [6, 6.07) is 0. The Morgan fingerprint density at radius 3 is 2.94 bits per heavy atom. The third-order valence-electron chi connectivity index (χ3n) is 2.98. The van der Waals surface area contributed by atoms with E-state index in [1.165, 1.54) is 6.42 Å². The Hall–Kier alpha value is -0.810. The Labute approximate surface area is 97.8 Å². The van der Waals surface area contributed by atoms with Gasteiger partial charge in [-0.15, -0.1) is 0 Å². The van der Waals surface area contributed by atoms with Gasteiger partial charge in [0.1, 0.15) is 0 Å². The van der Waals surface area contributed by atoms with Gasteiger partial charge >= 0.3 is 0 Å². The van der Waals surface area contributed by atoms with E-state index in [0.29, 0.717) is 18.0 Å². The molecule has 16 heavy (non-hydrogen) atoms. The molecule has 0 aromatic heterocycles. The first-order valence-electron chi connectivity index (χ1n) is 6.14. The van der Waals surface area contributed by atoms with Crippen molar-refractivity contribution in [3.63, 3.8) is 0 Å². The second kappa shape index (κ2) is 7.46. The number of guanidine groups is 1. The summed E-state index contributed by atoms with van der Waals surface area (Å²) in [4.78, 5) is 4.44. The van der Waals surface area contributed by atoms with Crippen LogP contribution in [-0.2, 0) is 4.74 Å². The number of hydrazine groups is 1. The number of rotatable bonds is 5. The van der Waals surface area contributed by atoms with Crippen LogP contribution in [0, 0.1) is 5.92 Å². The molecule has 0 aromatic carbocycles. The van der Waals surface area contributed by atoms with Crippen LogP contribution in [0.5, 0.6) is 0 Å². The molecule has 1 saturated heterocycles. The van der Waals surface area contributed by atoms with Crippen molar-refractivity contribution in [1.29, 1.82) is 0 Å². The number of unbranched alkanes of at least 4 members (excludes halogenated alkanes) is 1. The molecule has 0 spiro atoms. The number of nitrogens with one attached hydrogen (secondary N) is 2. The van der Waals surface area contributed by atoms with Gasteiger partial charge in [-0.1, -0.05) is 13.3 Å². The van der Waals surface area contributed by atoms with E-state index in [-0.39, 0.29) is 0 Å². The number of ether oxygens (including phenoxy) is 1. The highest BCUT2D eigenvalue weighted by atomic mass is 16.5. The summed E-state index contributed by atoms with van der Waals surface area (Å²) in [5.41, 5.74) is 2.60. The Morgan fingerprint density at radius 1 is 1.56 bits per heavy atom. The fourth-order valence-electron chi connectivity index (χ4n) is 1.76. The standard InChI is InChI=1S/C11H24N4O/c1-3-4-6-13-11(15-12)14-8-10-5-7-16-9(10)2/h9-10H,3-8,12H2,1-2H3,(H2,13,14,15). The quantitative estimate of drug-likeness (QED) is 0.212. The predicted molar refractivity (Wildman–Crippen MR) is 66.1 cm³/mol. The molecule has 1 aliphatic rings. The van der Waals surface area contributed by atoms with Crippen molar-refractivity contribution < 1.29 is 4.74 Å². The van der Waals surface area contributed by atoms with E-state index < -0.39 is 0 Å². The van der Waals surface area contributed by atoms with Crippen LogP contribution < -0.4 is 16.6 Å². The van der Waals surface area contributed by atoms with E-state index in [1.54, 1.807) is 0 Å². The number of nitrogens with two attached hydrogens (primary N) is 1. The van der Waals surface area contributed by atoms with E-state index in [1.807, 2.05) is 0 Å². The normalized spacial score (nSPS) is 25.8. The number of hydrogen-bond acceptors (Lipinski definition) is 3. The fourth-order valence-corrected chi connectivity index (χ4v) is 1.76. The average molecular weight is 228 g/mol. The second-order valence-electron chi connectivity index (χ2n) is 4.24. The molecule has 1 rings (SSSR count). The number of hydrogen-bond donors (Lipinski definition) is 3. The Kier molecular flexibility index (Phi) is 6.18. The van der Waals surface area contributed by atoms with E-state index in [9.17, 15) is 0 Å². The molecule has 0 bridgehead atoms. The number of aliphatic imine (C=N–C) groups is 1. The van der Waals surface area contributed by atoms with Crippen LogP contribution >= 0.6 is 0 Å². The zero-order valence-corrected chi connectivity index (χ0v) is 10.3. The molecule has 2 atom stereocenters. The van der Waals surface area contributed by atoms with Gasteiger partial charge < -0.3 is 10.1 Å². The minimum absolute atomic E-state index is 0.318. The highest BCUT2D eigenvalue weighted by molar-refractivity contribution is 5.79. The van der Waals surface area contributed by atoms with Crippen LogP contribution in [0.15, 0.2) is 4.99 Å². The summed E-state index contributed by atoms with van der Waals surface area (Å²) in [6.45, 7) is 6.81. The molecule has 0 aromatic rings. The lowest BCUT2D eigenvalue weighted by Crippen LogP contribution is -2.42. The minimum Gasteiger partial charge on any atom is -0.378 e. The first-order chi connectivity index (χ1) is 7.77. The van der Waals surface area contributed by atoms with Crippen LogP contribution in [0.1, 0.15) is 33.1 Å². The Balaban J connectivity index is 2.28. The lowest BCUT2D eigenvalue weighted by molar-refractivity contribution is 0.107. The molecule has 0 radical (unpaired) electrons. The van der Waals surface area contributed by atoms with Gasteiger partial charge in [-0.3, -0.25) is 10.4 Å². The van der Waals surface area contributed by atoms with Crippen LogP contribution in [0.3, 0.4) is 0 Å². The third kappa shape index (κ3) is 4.37. The van der Waals surface area contributed by atoms with Crippen LogP contribution in [0.4, 0.5) is 0 Å². The molecule has 1 heterocycles. The monoisotopic (exact) mass is 228 g/mol. The molecule has 1 aliphatic heterocycles. The summed E-state index contributed by atoms with van der Waals surface area (Å²) in [5, 5.41) is 3.18. The van der Waals surface area contributed by atoms with Gasteiger partial charge in [0, 0.05) is 25.6 Å². The van der Waals surface area contributed by atoms with Gasteiger partial charge in [-0.25, -0.2) is 5.84 Å². The lowest BCUT2D eigenvalue weighted by Gasteiger charge is -2.13. The summed E-state index contributed by atoms with van der Waals surface area (Å²) in [7, 11) is 0. The van der Waals surface area contributed by atoms with Crippen molar-refractivity contribution in [2.75, 3.05) is 19.7 Å². The average Bonchev–Trinajstić information content (AvgIpc) is 2.69. The SMILES string of the molecule is CCCCNC(=NCC1CCOC1C)NN. The van der Waals surface area contributed by atoms with E-state index >= 15 is 0 Å². The fraction of sp³-hybridized carbons (Fsp3) is 0.909. The molecular formula is C11H24N4O. The largest absolute Gasteiger partial charge is 0.378 e. The van der Waals surface area contributed by atoms with Gasteiger partial charge in [-0.2, -0.15) is 0 Å². The second-order valence-corrected chi connectivity index (χ2v) is 4.24. The zero-order valence-electron chi connectivity index (χ0n) is 10.3. The summed E-state index contributed by atoms with van der Waals surface area (Å²) in [6.07, 6.45) is 3.71. The smallest absolute Gasteiger partial charge is 0.205 e.